The standard InChI is InChI=1S/C5H7NO2S/c1-5(4(7)8)2-6-3-9-5/h2H,3H2,1H3,(H,7,8). The van der Waals surface area contributed by atoms with E-state index in [0.29, 0.717) is 5.88 Å². The number of carboxylic acids is 1. The van der Waals surface area contributed by atoms with Gasteiger partial charge in [-0.25, -0.2) is 0 Å². The third-order valence-electron chi connectivity index (χ3n) is 1.20. The molecule has 1 aliphatic heterocycles. The first-order valence-corrected chi connectivity index (χ1v) is 3.52. The molecule has 1 heterocycles. The average Bonchev–Trinajstić information content (AvgIpc) is 2.16. The van der Waals surface area contributed by atoms with Crippen molar-refractivity contribution in [2.24, 2.45) is 4.99 Å². The maximum absolute atomic E-state index is 10.4. The lowest BCUT2D eigenvalue weighted by Crippen LogP contribution is -2.30. The van der Waals surface area contributed by atoms with Crippen LogP contribution in [0, 0.1) is 0 Å². The van der Waals surface area contributed by atoms with E-state index in [9.17, 15) is 4.79 Å². The molecule has 3 nitrogen and oxygen atoms in total. The fraction of sp³-hybridized carbons (Fsp3) is 0.600. The molecule has 0 fully saturated rings. The minimum atomic E-state index is -0.811. The van der Waals surface area contributed by atoms with Crippen LogP contribution >= 0.6 is 11.8 Å². The van der Waals surface area contributed by atoms with Gasteiger partial charge in [-0.2, -0.15) is 0 Å². The summed E-state index contributed by atoms with van der Waals surface area (Å²) < 4.78 is -0.764. The quantitative estimate of drug-likeness (QED) is 0.588. The molecule has 1 rings (SSSR count). The van der Waals surface area contributed by atoms with Crippen LogP contribution < -0.4 is 0 Å². The number of carboxylic acid groups (broad SMARTS) is 1. The van der Waals surface area contributed by atoms with Crippen molar-refractivity contribution in [2.75, 3.05) is 5.88 Å². The highest BCUT2D eigenvalue weighted by Crippen LogP contribution is 2.27. The van der Waals surface area contributed by atoms with E-state index in [1.807, 2.05) is 0 Å². The molecule has 4 heteroatoms. The Morgan fingerprint density at radius 1 is 2.00 bits per heavy atom. The summed E-state index contributed by atoms with van der Waals surface area (Å²) in [6, 6.07) is 0. The largest absolute Gasteiger partial charge is 0.480 e. The van der Waals surface area contributed by atoms with Crippen molar-refractivity contribution < 1.29 is 9.90 Å². The van der Waals surface area contributed by atoms with Gasteiger partial charge in [-0.3, -0.25) is 9.79 Å². The van der Waals surface area contributed by atoms with Gasteiger partial charge in [0.05, 0.1) is 5.88 Å². The van der Waals surface area contributed by atoms with Crippen LogP contribution in [0.2, 0.25) is 0 Å². The van der Waals surface area contributed by atoms with Crippen molar-refractivity contribution in [3.8, 4) is 0 Å². The highest BCUT2D eigenvalue weighted by molar-refractivity contribution is 8.02. The van der Waals surface area contributed by atoms with Crippen LogP contribution in [0.15, 0.2) is 4.99 Å². The molecule has 0 aromatic rings. The first kappa shape index (κ1) is 6.61. The summed E-state index contributed by atoms with van der Waals surface area (Å²) >= 11 is 1.33. The molecule has 0 aromatic carbocycles. The third kappa shape index (κ3) is 1.08. The van der Waals surface area contributed by atoms with E-state index in [2.05, 4.69) is 4.99 Å². The molecular formula is C5H7NO2S. The minimum absolute atomic E-state index is 0.572. The monoisotopic (exact) mass is 145 g/mol. The van der Waals surface area contributed by atoms with E-state index < -0.39 is 10.7 Å². The van der Waals surface area contributed by atoms with Crippen molar-refractivity contribution in [2.45, 2.75) is 11.7 Å². The van der Waals surface area contributed by atoms with Crippen LogP contribution in [-0.4, -0.2) is 27.9 Å². The molecule has 1 atom stereocenters. The maximum atomic E-state index is 10.4. The Balaban J connectivity index is 2.74. The average molecular weight is 145 g/mol. The summed E-state index contributed by atoms with van der Waals surface area (Å²) in [4.78, 5) is 14.2. The Bertz CT molecular complexity index is 168. The van der Waals surface area contributed by atoms with Crippen molar-refractivity contribution in [1.29, 1.82) is 0 Å². The Morgan fingerprint density at radius 3 is 2.89 bits per heavy atom. The van der Waals surface area contributed by atoms with Gasteiger partial charge < -0.3 is 5.11 Å². The van der Waals surface area contributed by atoms with Gasteiger partial charge in [-0.05, 0) is 6.92 Å². The predicted molar refractivity (Wildman–Crippen MR) is 37.0 cm³/mol. The number of hydrogen-bond acceptors (Lipinski definition) is 3. The second kappa shape index (κ2) is 2.02. The second-order valence-corrected chi connectivity index (χ2v) is 3.39. The summed E-state index contributed by atoms with van der Waals surface area (Å²) in [5, 5.41) is 8.56. The van der Waals surface area contributed by atoms with Gasteiger partial charge in [0.15, 0.2) is 0 Å². The van der Waals surface area contributed by atoms with E-state index in [-0.39, 0.29) is 0 Å². The Kier molecular flexibility index (Phi) is 1.48. The molecule has 0 saturated heterocycles. The first-order chi connectivity index (χ1) is 4.15. The van der Waals surface area contributed by atoms with Gasteiger partial charge >= 0.3 is 5.97 Å². The van der Waals surface area contributed by atoms with Crippen molar-refractivity contribution >= 4 is 23.9 Å². The van der Waals surface area contributed by atoms with Crippen LogP contribution in [0.4, 0.5) is 0 Å². The van der Waals surface area contributed by atoms with Crippen LogP contribution in [0.1, 0.15) is 6.92 Å². The summed E-state index contributed by atoms with van der Waals surface area (Å²) in [7, 11) is 0. The summed E-state index contributed by atoms with van der Waals surface area (Å²) in [5.74, 6) is -0.239. The first-order valence-electron chi connectivity index (χ1n) is 2.53. The molecule has 0 spiro atoms. The normalized spacial score (nSPS) is 33.0. The third-order valence-corrected chi connectivity index (χ3v) is 2.36. The molecule has 0 bridgehead atoms. The number of carbonyl (C=O) groups is 1. The summed E-state index contributed by atoms with van der Waals surface area (Å²) in [6.07, 6.45) is 1.49. The zero-order valence-corrected chi connectivity index (χ0v) is 5.81. The topological polar surface area (TPSA) is 49.7 Å². The molecule has 1 aliphatic rings. The van der Waals surface area contributed by atoms with Crippen LogP contribution in [-0.2, 0) is 4.79 Å². The van der Waals surface area contributed by atoms with Gasteiger partial charge in [0.1, 0.15) is 4.75 Å². The zero-order chi connectivity index (χ0) is 6.91. The molecule has 1 unspecified atom stereocenters. The molecule has 0 aromatic heterocycles. The molecule has 0 amide bonds. The van der Waals surface area contributed by atoms with E-state index in [0.717, 1.165) is 0 Å². The number of aliphatic carboxylic acids is 1. The molecule has 0 saturated carbocycles. The maximum Gasteiger partial charge on any atom is 0.325 e. The highest BCUT2D eigenvalue weighted by Gasteiger charge is 2.34. The van der Waals surface area contributed by atoms with Crippen molar-refractivity contribution in [3.63, 3.8) is 0 Å². The van der Waals surface area contributed by atoms with E-state index in [1.54, 1.807) is 6.92 Å². The van der Waals surface area contributed by atoms with Crippen LogP contribution in [0.25, 0.3) is 0 Å². The fourth-order valence-corrected chi connectivity index (χ4v) is 1.23. The summed E-state index contributed by atoms with van der Waals surface area (Å²) in [5.41, 5.74) is 0. The summed E-state index contributed by atoms with van der Waals surface area (Å²) in [6.45, 7) is 1.65. The Hall–Kier alpha value is -0.510. The van der Waals surface area contributed by atoms with Gasteiger partial charge in [0.2, 0.25) is 0 Å². The van der Waals surface area contributed by atoms with Crippen LogP contribution in [0.3, 0.4) is 0 Å². The molecular weight excluding hydrogens is 138 g/mol. The fourth-order valence-electron chi connectivity index (χ4n) is 0.537. The molecule has 50 valence electrons. The number of hydrogen-bond donors (Lipinski definition) is 1. The zero-order valence-electron chi connectivity index (χ0n) is 5.00. The number of aliphatic imine (C=N–C) groups is 1. The lowest BCUT2D eigenvalue weighted by molar-refractivity contribution is -0.137. The minimum Gasteiger partial charge on any atom is -0.480 e. The van der Waals surface area contributed by atoms with E-state index in [4.69, 9.17) is 5.11 Å². The molecule has 0 aliphatic carbocycles. The SMILES string of the molecule is CC1(C(=O)O)C=NCS1. The smallest absolute Gasteiger partial charge is 0.325 e. The Labute approximate surface area is 57.2 Å². The van der Waals surface area contributed by atoms with Crippen LogP contribution in [0.5, 0.6) is 0 Å². The van der Waals surface area contributed by atoms with Crippen molar-refractivity contribution in [1.82, 2.24) is 0 Å². The predicted octanol–water partition coefficient (Wildman–Crippen LogP) is 0.605. The van der Waals surface area contributed by atoms with Gasteiger partial charge in [-0.15, -0.1) is 11.8 Å². The van der Waals surface area contributed by atoms with E-state index in [1.165, 1.54) is 18.0 Å². The molecule has 1 N–H and O–H groups in total. The number of thioether (sulfide) groups is 1. The second-order valence-electron chi connectivity index (χ2n) is 2.00. The molecule has 0 radical (unpaired) electrons. The number of nitrogens with zero attached hydrogens (tertiary/aromatic N) is 1. The van der Waals surface area contributed by atoms with Crippen molar-refractivity contribution in [3.05, 3.63) is 0 Å². The van der Waals surface area contributed by atoms with Gasteiger partial charge in [0.25, 0.3) is 0 Å². The highest BCUT2D eigenvalue weighted by atomic mass is 32.2. The lowest BCUT2D eigenvalue weighted by Gasteiger charge is -2.10. The van der Waals surface area contributed by atoms with Gasteiger partial charge in [-0.1, -0.05) is 0 Å². The number of rotatable bonds is 1. The molecule has 9 heavy (non-hydrogen) atoms. The lowest BCUT2D eigenvalue weighted by atomic mass is 10.2. The van der Waals surface area contributed by atoms with E-state index >= 15 is 0 Å². The van der Waals surface area contributed by atoms with Gasteiger partial charge in [0, 0.05) is 6.21 Å². The Morgan fingerprint density at radius 2 is 2.67 bits per heavy atom.